The van der Waals surface area contributed by atoms with E-state index in [-0.39, 0.29) is 0 Å². The minimum absolute atomic E-state index is 0.662. The van der Waals surface area contributed by atoms with Gasteiger partial charge in [0.1, 0.15) is 0 Å². The van der Waals surface area contributed by atoms with Crippen LogP contribution >= 0.6 is 0 Å². The zero-order chi connectivity index (χ0) is 6.97. The number of hydrogen-bond donors (Lipinski definition) is 1. The molecule has 2 aromatic heterocycles. The monoisotopic (exact) mass is 135 g/mol. The second-order valence-corrected chi connectivity index (χ2v) is 1.93. The van der Waals surface area contributed by atoms with Crippen molar-refractivity contribution in [3.63, 3.8) is 0 Å². The maximum atomic E-state index is 4.44. The van der Waals surface area contributed by atoms with Gasteiger partial charge in [-0.3, -0.25) is 0 Å². The van der Waals surface area contributed by atoms with E-state index in [0.717, 1.165) is 11.2 Å². The third-order valence-electron chi connectivity index (χ3n) is 1.29. The van der Waals surface area contributed by atoms with Crippen molar-refractivity contribution in [3.8, 4) is 0 Å². The van der Waals surface area contributed by atoms with Crippen LogP contribution in [-0.2, 0) is 0 Å². The van der Waals surface area contributed by atoms with Crippen LogP contribution in [0.25, 0.3) is 17.2 Å². The molecule has 0 bridgehead atoms. The number of nitrogens with zero attached hydrogens (tertiary/aromatic N) is 2. The van der Waals surface area contributed by atoms with E-state index in [4.69, 9.17) is 0 Å². The van der Waals surface area contributed by atoms with Crippen LogP contribution in [0.15, 0.2) is 17.3 Å². The molecule has 0 aliphatic heterocycles. The molecule has 0 unspecified atom stereocenters. The quantitative estimate of drug-likeness (QED) is 0.639. The summed E-state index contributed by atoms with van der Waals surface area (Å²) in [6.07, 6.45) is 1.70. The van der Waals surface area contributed by atoms with Gasteiger partial charge in [-0.15, -0.1) is 0 Å². The normalized spacial score (nSPS) is 10.4. The first-order valence-electron chi connectivity index (χ1n) is 2.84. The molecule has 0 saturated heterocycles. The highest BCUT2D eigenvalue weighted by atomic mass is 16.6. The number of aromatic nitrogens is 3. The number of rotatable bonds is 1. The molecule has 0 aliphatic rings. The van der Waals surface area contributed by atoms with Gasteiger partial charge in [-0.2, -0.15) is 0 Å². The highest BCUT2D eigenvalue weighted by molar-refractivity contribution is 5.73. The molecular formula is C6H5N3O. The summed E-state index contributed by atoms with van der Waals surface area (Å²) in [6, 6.07) is 1.82. The number of hydrogen-bond acceptors (Lipinski definition) is 3. The summed E-state index contributed by atoms with van der Waals surface area (Å²) in [6.45, 7) is 3.59. The lowest BCUT2D eigenvalue weighted by molar-refractivity contribution is 0.314. The molecular weight excluding hydrogens is 130 g/mol. The van der Waals surface area contributed by atoms with E-state index in [1.807, 2.05) is 6.07 Å². The molecule has 0 saturated carbocycles. The van der Waals surface area contributed by atoms with Crippen LogP contribution in [0.1, 0.15) is 5.69 Å². The average Bonchev–Trinajstić information content (AvgIpc) is 2.42. The van der Waals surface area contributed by atoms with Crippen molar-refractivity contribution in [1.29, 1.82) is 0 Å². The van der Waals surface area contributed by atoms with Gasteiger partial charge in [0.05, 0.1) is 0 Å². The molecule has 4 nitrogen and oxygen atoms in total. The summed E-state index contributed by atoms with van der Waals surface area (Å²) in [4.78, 5) is 2.94. The first kappa shape index (κ1) is 5.22. The lowest BCUT2D eigenvalue weighted by Gasteiger charge is -1.76. The van der Waals surface area contributed by atoms with Crippen molar-refractivity contribution >= 4 is 17.2 Å². The summed E-state index contributed by atoms with van der Waals surface area (Å²) in [5.74, 6) is 0. The number of nitrogens with one attached hydrogen (secondary N) is 1. The molecule has 10 heavy (non-hydrogen) atoms. The number of fused-ring (bicyclic) bond motifs is 1. The van der Waals surface area contributed by atoms with Crippen LogP contribution in [0.5, 0.6) is 0 Å². The smallest absolute Gasteiger partial charge is 0.202 e. The Kier molecular flexibility index (Phi) is 0.887. The molecule has 0 aliphatic carbocycles. The maximum absolute atomic E-state index is 4.44. The van der Waals surface area contributed by atoms with Crippen LogP contribution in [-0.4, -0.2) is 15.3 Å². The van der Waals surface area contributed by atoms with Crippen molar-refractivity contribution in [2.45, 2.75) is 0 Å². The molecule has 50 valence electrons. The lowest BCUT2D eigenvalue weighted by atomic mass is 10.4. The Hall–Kier alpha value is -1.58. The Morgan fingerprint density at radius 2 is 2.50 bits per heavy atom. The van der Waals surface area contributed by atoms with Gasteiger partial charge >= 0.3 is 0 Å². The molecule has 1 N–H and O–H groups in total. The Bertz CT molecular complexity index is 331. The molecule has 0 atom stereocenters. The second kappa shape index (κ2) is 1.70. The summed E-state index contributed by atoms with van der Waals surface area (Å²) in [7, 11) is 0. The van der Waals surface area contributed by atoms with Gasteiger partial charge in [0.25, 0.3) is 0 Å². The molecule has 0 aromatic carbocycles. The average molecular weight is 135 g/mol. The third-order valence-corrected chi connectivity index (χ3v) is 1.29. The zero-order valence-electron chi connectivity index (χ0n) is 5.16. The van der Waals surface area contributed by atoms with Crippen LogP contribution in [0, 0.1) is 0 Å². The van der Waals surface area contributed by atoms with Crippen LogP contribution < -0.4 is 0 Å². The van der Waals surface area contributed by atoms with E-state index in [2.05, 4.69) is 26.5 Å². The fourth-order valence-corrected chi connectivity index (χ4v) is 0.807. The van der Waals surface area contributed by atoms with Gasteiger partial charge in [0, 0.05) is 5.69 Å². The van der Waals surface area contributed by atoms with Gasteiger partial charge < -0.3 is 4.98 Å². The molecule has 2 heterocycles. The second-order valence-electron chi connectivity index (χ2n) is 1.93. The molecule has 2 aromatic rings. The molecule has 0 spiro atoms. The fourth-order valence-electron chi connectivity index (χ4n) is 0.807. The minimum Gasteiger partial charge on any atom is -0.335 e. The van der Waals surface area contributed by atoms with Crippen LogP contribution in [0.3, 0.4) is 0 Å². The van der Waals surface area contributed by atoms with Crippen LogP contribution in [0.2, 0.25) is 0 Å². The zero-order valence-corrected chi connectivity index (χ0v) is 5.16. The molecule has 0 radical (unpaired) electrons. The predicted molar refractivity (Wildman–Crippen MR) is 36.2 cm³/mol. The summed E-state index contributed by atoms with van der Waals surface area (Å²) >= 11 is 0. The van der Waals surface area contributed by atoms with E-state index >= 15 is 0 Å². The molecule has 4 heteroatoms. The number of aromatic amines is 1. The van der Waals surface area contributed by atoms with Crippen molar-refractivity contribution in [2.24, 2.45) is 0 Å². The SMILES string of the molecule is C=Cc1cc2nonc2[nH]1. The standard InChI is InChI=1S/C6H5N3O/c1-2-4-3-5-6(7-4)9-10-8-5/h2-3H,1H2,(H,7,9). The third kappa shape index (κ3) is 0.556. The minimum atomic E-state index is 0.662. The molecule has 0 fully saturated rings. The summed E-state index contributed by atoms with van der Waals surface area (Å²) in [5, 5.41) is 7.22. The van der Waals surface area contributed by atoms with E-state index < -0.39 is 0 Å². The van der Waals surface area contributed by atoms with E-state index in [0.29, 0.717) is 5.65 Å². The van der Waals surface area contributed by atoms with Gasteiger partial charge in [0.15, 0.2) is 5.52 Å². The Balaban J connectivity index is 2.78. The van der Waals surface area contributed by atoms with E-state index in [1.165, 1.54) is 0 Å². The Morgan fingerprint density at radius 1 is 1.60 bits per heavy atom. The number of H-pyrrole nitrogens is 1. The highest BCUT2D eigenvalue weighted by Gasteiger charge is 2.01. The van der Waals surface area contributed by atoms with Crippen LogP contribution in [0.4, 0.5) is 0 Å². The lowest BCUT2D eigenvalue weighted by Crippen LogP contribution is -1.67. The first-order chi connectivity index (χ1) is 4.90. The largest absolute Gasteiger partial charge is 0.335 e. The van der Waals surface area contributed by atoms with Crippen molar-refractivity contribution in [1.82, 2.24) is 15.3 Å². The van der Waals surface area contributed by atoms with E-state index in [1.54, 1.807) is 6.08 Å². The predicted octanol–water partition coefficient (Wildman–Crippen LogP) is 1.19. The molecule has 2 rings (SSSR count). The Labute approximate surface area is 56.5 Å². The van der Waals surface area contributed by atoms with Gasteiger partial charge in [-0.25, -0.2) is 4.63 Å². The van der Waals surface area contributed by atoms with Gasteiger partial charge in [0.2, 0.25) is 5.65 Å². The van der Waals surface area contributed by atoms with E-state index in [9.17, 15) is 0 Å². The molecule has 0 amide bonds. The fraction of sp³-hybridized carbons (Fsp3) is 0. The Morgan fingerprint density at radius 3 is 3.20 bits per heavy atom. The maximum Gasteiger partial charge on any atom is 0.202 e. The summed E-state index contributed by atoms with van der Waals surface area (Å²) in [5.41, 5.74) is 2.30. The highest BCUT2D eigenvalue weighted by Crippen LogP contribution is 2.09. The van der Waals surface area contributed by atoms with Crippen molar-refractivity contribution < 1.29 is 4.63 Å². The van der Waals surface area contributed by atoms with Gasteiger partial charge in [-0.1, -0.05) is 6.58 Å². The summed E-state index contributed by atoms with van der Waals surface area (Å²) < 4.78 is 4.44. The van der Waals surface area contributed by atoms with Crippen molar-refractivity contribution in [3.05, 3.63) is 18.3 Å². The first-order valence-corrected chi connectivity index (χ1v) is 2.84. The van der Waals surface area contributed by atoms with Gasteiger partial charge in [-0.05, 0) is 22.5 Å². The topological polar surface area (TPSA) is 54.7 Å². The van der Waals surface area contributed by atoms with Crippen molar-refractivity contribution in [2.75, 3.05) is 0 Å².